The maximum absolute atomic E-state index is 12.6. The van der Waals surface area contributed by atoms with Crippen LogP contribution in [0, 0.1) is 22.0 Å². The van der Waals surface area contributed by atoms with Gasteiger partial charge in [-0.15, -0.1) is 0 Å². The Labute approximate surface area is 205 Å². The quantitative estimate of drug-likeness (QED) is 0.297. The molecule has 7 nitrogen and oxygen atoms in total. The predicted octanol–water partition coefficient (Wildman–Crippen LogP) is 6.14. The summed E-state index contributed by atoms with van der Waals surface area (Å²) in [6, 6.07) is 7.93. The molecular formula is C23H23ClIN5O2. The molecule has 3 aromatic rings. The molecule has 1 atom stereocenters. The minimum Gasteiger partial charge on any atom is -0.442 e. The van der Waals surface area contributed by atoms with E-state index in [0.717, 1.165) is 47.2 Å². The molecule has 1 N–H and O–H groups in total. The Morgan fingerprint density at radius 3 is 2.84 bits per heavy atom. The third kappa shape index (κ3) is 4.28. The number of halogens is 2. The molecule has 9 heteroatoms. The lowest BCUT2D eigenvalue weighted by molar-refractivity contribution is 0.0522. The van der Waals surface area contributed by atoms with Crippen molar-refractivity contribution in [2.24, 2.45) is 0 Å². The van der Waals surface area contributed by atoms with Gasteiger partial charge in [0, 0.05) is 11.1 Å². The summed E-state index contributed by atoms with van der Waals surface area (Å²) in [5.74, 6) is 0. The zero-order valence-corrected chi connectivity index (χ0v) is 21.2. The summed E-state index contributed by atoms with van der Waals surface area (Å²) in [4.78, 5) is 17.1. The Morgan fingerprint density at radius 2 is 2.16 bits per heavy atom. The molecule has 1 aliphatic rings. The zero-order chi connectivity index (χ0) is 23.2. The highest BCUT2D eigenvalue weighted by molar-refractivity contribution is 14.1. The van der Waals surface area contributed by atoms with Crippen LogP contribution in [0.15, 0.2) is 18.2 Å². The summed E-state index contributed by atoms with van der Waals surface area (Å²) < 4.78 is 7.49. The number of ether oxygens (including phenoxy) is 1. The second kappa shape index (κ2) is 8.52. The van der Waals surface area contributed by atoms with Gasteiger partial charge < -0.3 is 10.1 Å². The number of nitrogens with one attached hydrogen (secondary N) is 1. The lowest BCUT2D eigenvalue weighted by Gasteiger charge is -2.28. The van der Waals surface area contributed by atoms with E-state index >= 15 is 0 Å². The molecule has 0 saturated heterocycles. The third-order valence-electron chi connectivity index (χ3n) is 5.47. The molecule has 0 saturated carbocycles. The molecule has 0 amide bonds. The van der Waals surface area contributed by atoms with Gasteiger partial charge in [0.15, 0.2) is 0 Å². The van der Waals surface area contributed by atoms with Gasteiger partial charge in [-0.3, -0.25) is 0 Å². The summed E-state index contributed by atoms with van der Waals surface area (Å²) >= 11 is 8.42. The van der Waals surface area contributed by atoms with Crippen molar-refractivity contribution in [3.05, 3.63) is 49.4 Å². The van der Waals surface area contributed by atoms with E-state index in [4.69, 9.17) is 16.3 Å². The Kier molecular flexibility index (Phi) is 6.07. The number of hydrogen-bond acceptors (Lipinski definition) is 6. The number of nitriles is 1. The maximum atomic E-state index is 12.6. The van der Waals surface area contributed by atoms with Crippen molar-refractivity contribution in [3.63, 3.8) is 0 Å². The van der Waals surface area contributed by atoms with E-state index in [1.54, 1.807) is 0 Å². The number of fused-ring (bicyclic) bond motifs is 2. The van der Waals surface area contributed by atoms with Crippen molar-refractivity contribution in [2.45, 2.75) is 58.6 Å². The van der Waals surface area contributed by atoms with Gasteiger partial charge in [0.05, 0.1) is 22.8 Å². The van der Waals surface area contributed by atoms with Crippen LogP contribution in [0.3, 0.4) is 0 Å². The van der Waals surface area contributed by atoms with Crippen LogP contribution in [-0.4, -0.2) is 26.5 Å². The highest BCUT2D eigenvalue weighted by atomic mass is 127. The van der Waals surface area contributed by atoms with Gasteiger partial charge in [0.2, 0.25) is 0 Å². The first-order valence-corrected chi connectivity index (χ1v) is 11.8. The average Bonchev–Trinajstić information content (AvgIpc) is 3.04. The average molecular weight is 564 g/mol. The molecule has 1 aliphatic carbocycles. The number of carbonyl (C=O) groups is 1. The summed E-state index contributed by atoms with van der Waals surface area (Å²) in [5, 5.41) is 18.5. The molecule has 1 aromatic carbocycles. The summed E-state index contributed by atoms with van der Waals surface area (Å²) in [6.07, 6.45) is 2.29. The van der Waals surface area contributed by atoms with Gasteiger partial charge in [-0.1, -0.05) is 11.6 Å². The second-order valence-electron chi connectivity index (χ2n) is 8.88. The van der Waals surface area contributed by atoms with Crippen LogP contribution < -0.4 is 5.32 Å². The number of anilines is 1. The van der Waals surface area contributed by atoms with Crippen molar-refractivity contribution >= 4 is 56.9 Å². The van der Waals surface area contributed by atoms with E-state index in [2.05, 4.69) is 44.1 Å². The lowest BCUT2D eigenvalue weighted by Crippen LogP contribution is -2.27. The van der Waals surface area contributed by atoms with Crippen molar-refractivity contribution in [1.82, 2.24) is 14.8 Å². The molecular weight excluding hydrogens is 541 g/mol. The molecule has 0 fully saturated rings. The minimum atomic E-state index is -0.603. The first-order valence-electron chi connectivity index (χ1n) is 10.4. The smallest absolute Gasteiger partial charge is 0.435 e. The first kappa shape index (κ1) is 22.8. The highest BCUT2D eigenvalue weighted by Gasteiger charge is 2.27. The highest BCUT2D eigenvalue weighted by Crippen LogP contribution is 2.36. The number of aromatic nitrogens is 3. The number of pyridine rings is 1. The number of benzene rings is 1. The minimum absolute atomic E-state index is 0.0151. The Bertz CT molecular complexity index is 1270. The molecule has 0 aliphatic heterocycles. The number of carbonyl (C=O) groups excluding carboxylic acids is 1. The number of hydrogen-bond donors (Lipinski definition) is 1. The fourth-order valence-corrected chi connectivity index (χ4v) is 4.96. The van der Waals surface area contributed by atoms with Gasteiger partial charge in [-0.2, -0.15) is 15.0 Å². The van der Waals surface area contributed by atoms with Crippen molar-refractivity contribution in [1.29, 1.82) is 5.26 Å². The van der Waals surface area contributed by atoms with Crippen LogP contribution in [0.4, 0.5) is 10.5 Å². The molecule has 0 radical (unpaired) electrons. The fraction of sp³-hybridized carbons (Fsp3) is 0.391. The van der Waals surface area contributed by atoms with Crippen molar-refractivity contribution in [3.8, 4) is 6.07 Å². The Morgan fingerprint density at radius 1 is 1.41 bits per heavy atom. The molecule has 0 bridgehead atoms. The molecule has 2 aromatic heterocycles. The largest absolute Gasteiger partial charge is 0.442 e. The number of nitrogens with zero attached hydrogens (tertiary/aromatic N) is 4. The fourth-order valence-electron chi connectivity index (χ4n) is 4.04. The van der Waals surface area contributed by atoms with Crippen LogP contribution in [0.25, 0.3) is 10.9 Å². The third-order valence-corrected chi connectivity index (χ3v) is 6.54. The molecule has 166 valence electrons. The van der Waals surface area contributed by atoms with E-state index in [9.17, 15) is 10.1 Å². The maximum Gasteiger partial charge on any atom is 0.435 e. The normalized spacial score (nSPS) is 15.8. The van der Waals surface area contributed by atoms with Crippen molar-refractivity contribution in [2.75, 3.05) is 5.32 Å². The van der Waals surface area contributed by atoms with E-state index in [1.807, 2.05) is 45.9 Å². The van der Waals surface area contributed by atoms with Gasteiger partial charge in [0.1, 0.15) is 20.5 Å². The van der Waals surface area contributed by atoms with Gasteiger partial charge in [-0.25, -0.2) is 9.78 Å². The molecule has 0 spiro atoms. The van der Waals surface area contributed by atoms with Crippen molar-refractivity contribution < 1.29 is 9.53 Å². The van der Waals surface area contributed by atoms with Crippen LogP contribution in [0.2, 0.25) is 5.15 Å². The van der Waals surface area contributed by atoms with Crippen LogP contribution in [0.1, 0.15) is 62.0 Å². The monoisotopic (exact) mass is 563 g/mol. The van der Waals surface area contributed by atoms with E-state index in [-0.39, 0.29) is 11.2 Å². The summed E-state index contributed by atoms with van der Waals surface area (Å²) in [6.45, 7) is 7.42. The van der Waals surface area contributed by atoms with Gasteiger partial charge in [-0.05, 0) is 98.9 Å². The predicted molar refractivity (Wildman–Crippen MR) is 132 cm³/mol. The van der Waals surface area contributed by atoms with E-state index in [0.29, 0.717) is 14.8 Å². The van der Waals surface area contributed by atoms with Crippen LogP contribution in [0.5, 0.6) is 0 Å². The van der Waals surface area contributed by atoms with Crippen LogP contribution >= 0.6 is 34.2 Å². The summed E-state index contributed by atoms with van der Waals surface area (Å²) in [5.41, 5.74) is 4.36. The number of rotatable bonds is 2. The zero-order valence-electron chi connectivity index (χ0n) is 18.3. The lowest BCUT2D eigenvalue weighted by atomic mass is 9.87. The Hall–Kier alpha value is -2.38. The topological polar surface area (TPSA) is 92.8 Å². The SMILES string of the molecule is Cc1c(C#N)c(Cl)nc2c1CCCC2Nc1ccc2c(c1)c(I)nn2C(=O)OC(C)(C)C. The standard InChI is InChI=1S/C23H23ClIN5O2/c1-12-14-6-5-7-17(19(14)28-20(24)16(12)11-26)27-13-8-9-18-15(10-13)21(25)29-30(18)22(31)32-23(2,3)4/h8-10,17,27H,5-7H2,1-4H3. The van der Waals surface area contributed by atoms with Gasteiger partial charge >= 0.3 is 6.09 Å². The first-order chi connectivity index (χ1) is 15.1. The molecule has 4 rings (SSSR count). The van der Waals surface area contributed by atoms with Crippen LogP contribution in [-0.2, 0) is 11.2 Å². The molecule has 1 unspecified atom stereocenters. The second-order valence-corrected chi connectivity index (χ2v) is 10.3. The van der Waals surface area contributed by atoms with Gasteiger partial charge in [0.25, 0.3) is 0 Å². The molecule has 2 heterocycles. The van der Waals surface area contributed by atoms with E-state index in [1.165, 1.54) is 4.68 Å². The molecule has 32 heavy (non-hydrogen) atoms. The van der Waals surface area contributed by atoms with E-state index < -0.39 is 11.7 Å². The summed E-state index contributed by atoms with van der Waals surface area (Å²) in [7, 11) is 0. The Balaban J connectivity index is 1.67.